The van der Waals surface area contributed by atoms with E-state index in [0.29, 0.717) is 28.4 Å². The van der Waals surface area contributed by atoms with Gasteiger partial charge in [0.05, 0.1) is 22.0 Å². The first-order chi connectivity index (χ1) is 9.65. The molecule has 0 radical (unpaired) electrons. The average molecular weight is 292 g/mol. The van der Waals surface area contributed by atoms with Crippen molar-refractivity contribution in [1.82, 2.24) is 4.98 Å². The molecule has 1 aliphatic rings. The van der Waals surface area contributed by atoms with Crippen LogP contribution in [0.5, 0.6) is 11.5 Å². The fourth-order valence-corrected chi connectivity index (χ4v) is 2.02. The van der Waals surface area contributed by atoms with E-state index in [1.165, 1.54) is 18.5 Å². The summed E-state index contributed by atoms with van der Waals surface area (Å²) in [5, 5.41) is 2.95. The number of rotatable bonds is 2. The number of anilines is 2. The van der Waals surface area contributed by atoms with Crippen LogP contribution in [0, 0.1) is 0 Å². The lowest BCUT2D eigenvalue weighted by Crippen LogP contribution is -2.13. The van der Waals surface area contributed by atoms with Gasteiger partial charge in [-0.1, -0.05) is 11.6 Å². The van der Waals surface area contributed by atoms with E-state index in [2.05, 4.69) is 10.3 Å². The first kappa shape index (κ1) is 12.6. The van der Waals surface area contributed by atoms with E-state index in [1.807, 2.05) is 0 Å². The number of nitrogens with zero attached hydrogens (tertiary/aromatic N) is 1. The van der Waals surface area contributed by atoms with Crippen LogP contribution in [-0.2, 0) is 0 Å². The summed E-state index contributed by atoms with van der Waals surface area (Å²) in [6.45, 7) is 0.141. The molecule has 2 aromatic rings. The molecule has 0 atom stereocenters. The zero-order valence-electron chi connectivity index (χ0n) is 10.2. The van der Waals surface area contributed by atoms with Gasteiger partial charge in [0.1, 0.15) is 0 Å². The smallest absolute Gasteiger partial charge is 0.257 e. The lowest BCUT2D eigenvalue weighted by Gasteiger charge is -2.10. The van der Waals surface area contributed by atoms with Crippen LogP contribution in [0.3, 0.4) is 0 Å². The summed E-state index contributed by atoms with van der Waals surface area (Å²) in [5.74, 6) is 0.723. The van der Waals surface area contributed by atoms with Gasteiger partial charge >= 0.3 is 0 Å². The highest BCUT2D eigenvalue weighted by atomic mass is 35.5. The average Bonchev–Trinajstić information content (AvgIpc) is 2.86. The van der Waals surface area contributed by atoms with Crippen molar-refractivity contribution >= 4 is 28.9 Å². The fraction of sp³-hybridized carbons (Fsp3) is 0.0769. The van der Waals surface area contributed by atoms with E-state index >= 15 is 0 Å². The van der Waals surface area contributed by atoms with Gasteiger partial charge in [0.15, 0.2) is 11.5 Å². The van der Waals surface area contributed by atoms with Crippen molar-refractivity contribution in [2.45, 2.75) is 0 Å². The molecule has 1 aromatic heterocycles. The molecule has 0 fully saturated rings. The quantitative estimate of drug-likeness (QED) is 0.829. The molecule has 3 rings (SSSR count). The Hall–Kier alpha value is -2.47. The van der Waals surface area contributed by atoms with Crippen LogP contribution in [0.2, 0.25) is 5.02 Å². The minimum atomic E-state index is -0.372. The number of hydrogen-bond acceptors (Lipinski definition) is 5. The molecule has 102 valence electrons. The molecule has 20 heavy (non-hydrogen) atoms. The predicted octanol–water partition coefficient (Wildman–Crippen LogP) is 2.30. The summed E-state index contributed by atoms with van der Waals surface area (Å²) >= 11 is 5.92. The Kier molecular flexibility index (Phi) is 3.08. The van der Waals surface area contributed by atoms with Crippen LogP contribution < -0.4 is 20.5 Å². The molecule has 3 N–H and O–H groups in total. The Morgan fingerprint density at radius 3 is 2.85 bits per heavy atom. The number of carbonyl (C=O) groups excluding carboxylic acids is 1. The minimum Gasteiger partial charge on any atom is -0.454 e. The normalized spacial score (nSPS) is 12.2. The maximum Gasteiger partial charge on any atom is 0.257 e. The third-order valence-corrected chi connectivity index (χ3v) is 3.11. The maximum absolute atomic E-state index is 12.1. The first-order valence-electron chi connectivity index (χ1n) is 5.75. The fourth-order valence-electron chi connectivity index (χ4n) is 1.81. The summed E-state index contributed by atoms with van der Waals surface area (Å²) in [4.78, 5) is 16.0. The van der Waals surface area contributed by atoms with E-state index < -0.39 is 0 Å². The monoisotopic (exact) mass is 291 g/mol. The number of nitrogens with two attached hydrogens (primary N) is 1. The van der Waals surface area contributed by atoms with Crippen LogP contribution in [0.15, 0.2) is 30.6 Å². The number of aromatic nitrogens is 1. The Morgan fingerprint density at radius 1 is 1.35 bits per heavy atom. The standard InChI is InChI=1S/C13H10ClN3O3/c14-8-5-16-2-1-7(8)13(18)17-10-4-12-11(3-9(10)15)19-6-20-12/h1-5H,6,15H2,(H,17,18). The Morgan fingerprint density at radius 2 is 2.10 bits per heavy atom. The summed E-state index contributed by atoms with van der Waals surface area (Å²) in [6, 6.07) is 4.75. The summed E-state index contributed by atoms with van der Waals surface area (Å²) in [7, 11) is 0. The number of nitrogen functional groups attached to an aromatic ring is 1. The van der Waals surface area contributed by atoms with Crippen LogP contribution in [0.4, 0.5) is 11.4 Å². The van der Waals surface area contributed by atoms with Crippen LogP contribution in [0.25, 0.3) is 0 Å². The first-order valence-corrected chi connectivity index (χ1v) is 6.13. The number of ether oxygens (including phenoxy) is 2. The molecule has 0 unspecified atom stereocenters. The number of benzene rings is 1. The highest BCUT2D eigenvalue weighted by Gasteiger charge is 2.18. The summed E-state index contributed by atoms with van der Waals surface area (Å²) in [5.41, 5.74) is 7.00. The number of hydrogen-bond donors (Lipinski definition) is 2. The molecule has 6 nitrogen and oxygen atoms in total. The lowest BCUT2D eigenvalue weighted by molar-refractivity contribution is 0.102. The molecule has 2 heterocycles. The van der Waals surface area contributed by atoms with Gasteiger partial charge in [0.2, 0.25) is 6.79 Å². The topological polar surface area (TPSA) is 86.5 Å². The van der Waals surface area contributed by atoms with Gasteiger partial charge in [-0.3, -0.25) is 9.78 Å². The number of pyridine rings is 1. The largest absolute Gasteiger partial charge is 0.454 e. The number of amides is 1. The Labute approximate surface area is 119 Å². The van der Waals surface area contributed by atoms with Gasteiger partial charge in [-0.25, -0.2) is 0 Å². The molecule has 0 bridgehead atoms. The van der Waals surface area contributed by atoms with E-state index in [4.69, 9.17) is 26.8 Å². The zero-order chi connectivity index (χ0) is 14.1. The summed E-state index contributed by atoms with van der Waals surface area (Å²) in [6.07, 6.45) is 2.89. The number of carbonyl (C=O) groups is 1. The maximum atomic E-state index is 12.1. The van der Waals surface area contributed by atoms with Gasteiger partial charge < -0.3 is 20.5 Å². The molecular formula is C13H10ClN3O3. The van der Waals surface area contributed by atoms with Crippen molar-refractivity contribution in [3.8, 4) is 11.5 Å². The second-order valence-corrected chi connectivity index (χ2v) is 4.51. The molecule has 1 aromatic carbocycles. The van der Waals surface area contributed by atoms with Gasteiger partial charge in [0, 0.05) is 24.5 Å². The van der Waals surface area contributed by atoms with Crippen molar-refractivity contribution in [2.75, 3.05) is 17.8 Å². The number of nitrogens with one attached hydrogen (secondary N) is 1. The molecule has 0 spiro atoms. The third-order valence-electron chi connectivity index (χ3n) is 2.81. The molecule has 1 amide bonds. The minimum absolute atomic E-state index is 0.141. The molecular weight excluding hydrogens is 282 g/mol. The number of halogens is 1. The van der Waals surface area contributed by atoms with Gasteiger partial charge in [0.25, 0.3) is 5.91 Å². The molecule has 0 saturated carbocycles. The van der Waals surface area contributed by atoms with E-state index in [-0.39, 0.29) is 17.7 Å². The third kappa shape index (κ3) is 2.21. The second kappa shape index (κ2) is 4.90. The summed E-state index contributed by atoms with van der Waals surface area (Å²) < 4.78 is 10.4. The van der Waals surface area contributed by atoms with Gasteiger partial charge in [-0.2, -0.15) is 0 Å². The van der Waals surface area contributed by atoms with Crippen molar-refractivity contribution in [2.24, 2.45) is 0 Å². The van der Waals surface area contributed by atoms with Crippen molar-refractivity contribution in [3.05, 3.63) is 41.2 Å². The molecule has 7 heteroatoms. The van der Waals surface area contributed by atoms with Crippen molar-refractivity contribution in [1.29, 1.82) is 0 Å². The molecule has 0 aliphatic carbocycles. The van der Waals surface area contributed by atoms with E-state index in [0.717, 1.165) is 0 Å². The van der Waals surface area contributed by atoms with Crippen molar-refractivity contribution in [3.63, 3.8) is 0 Å². The van der Waals surface area contributed by atoms with Crippen molar-refractivity contribution < 1.29 is 14.3 Å². The SMILES string of the molecule is Nc1cc2c(cc1NC(=O)c1ccncc1Cl)OCO2. The lowest BCUT2D eigenvalue weighted by atomic mass is 10.2. The van der Waals surface area contributed by atoms with Crippen LogP contribution in [0.1, 0.15) is 10.4 Å². The number of fused-ring (bicyclic) bond motifs is 1. The van der Waals surface area contributed by atoms with E-state index in [1.54, 1.807) is 12.1 Å². The second-order valence-electron chi connectivity index (χ2n) is 4.10. The molecule has 1 aliphatic heterocycles. The highest BCUT2D eigenvalue weighted by Crippen LogP contribution is 2.38. The Balaban J connectivity index is 1.88. The zero-order valence-corrected chi connectivity index (χ0v) is 11.0. The van der Waals surface area contributed by atoms with Crippen LogP contribution >= 0.6 is 11.6 Å². The van der Waals surface area contributed by atoms with E-state index in [9.17, 15) is 4.79 Å². The van der Waals surface area contributed by atoms with Gasteiger partial charge in [-0.15, -0.1) is 0 Å². The highest BCUT2D eigenvalue weighted by molar-refractivity contribution is 6.34. The Bertz CT molecular complexity index is 691. The van der Waals surface area contributed by atoms with Gasteiger partial charge in [-0.05, 0) is 6.07 Å². The molecule has 0 saturated heterocycles. The predicted molar refractivity (Wildman–Crippen MR) is 74.2 cm³/mol. The van der Waals surface area contributed by atoms with Crippen LogP contribution in [-0.4, -0.2) is 17.7 Å².